The highest BCUT2D eigenvalue weighted by atomic mass is 16.3. The Morgan fingerprint density at radius 1 is 1.14 bits per heavy atom. The van der Waals surface area contributed by atoms with Gasteiger partial charge in [-0.2, -0.15) is 0 Å². The van der Waals surface area contributed by atoms with E-state index < -0.39 is 11.8 Å². The number of nitrogens with zero attached hydrogens (tertiary/aromatic N) is 2. The zero-order valence-corrected chi connectivity index (χ0v) is 12.9. The van der Waals surface area contributed by atoms with E-state index in [9.17, 15) is 9.59 Å². The van der Waals surface area contributed by atoms with Crippen LogP contribution in [0.2, 0.25) is 0 Å². The van der Waals surface area contributed by atoms with Crippen LogP contribution in [-0.4, -0.2) is 48.1 Å². The van der Waals surface area contributed by atoms with Gasteiger partial charge in [0, 0.05) is 30.5 Å². The number of imide groups is 1. The van der Waals surface area contributed by atoms with E-state index in [4.69, 9.17) is 5.11 Å². The maximum absolute atomic E-state index is 12.0. The summed E-state index contributed by atoms with van der Waals surface area (Å²) in [6.45, 7) is 5.82. The van der Waals surface area contributed by atoms with E-state index in [0.29, 0.717) is 0 Å². The highest BCUT2D eigenvalue weighted by Crippen LogP contribution is 2.21. The van der Waals surface area contributed by atoms with Gasteiger partial charge in [0.2, 0.25) is 0 Å². The van der Waals surface area contributed by atoms with Crippen molar-refractivity contribution >= 4 is 23.2 Å². The zero-order chi connectivity index (χ0) is 16.1. The lowest BCUT2D eigenvalue weighted by molar-refractivity contribution is -0.137. The van der Waals surface area contributed by atoms with Gasteiger partial charge in [-0.05, 0) is 38.1 Å². The minimum Gasteiger partial charge on any atom is -0.395 e. The topological polar surface area (TPSA) is 72.9 Å². The molecule has 0 radical (unpaired) electrons. The van der Waals surface area contributed by atoms with Crippen molar-refractivity contribution in [3.63, 3.8) is 0 Å². The molecule has 0 unspecified atom stereocenters. The normalized spacial score (nSPS) is 14.3. The molecule has 1 aromatic rings. The van der Waals surface area contributed by atoms with E-state index in [2.05, 4.69) is 24.1 Å². The molecule has 6 heteroatoms. The number of anilines is 2. The summed E-state index contributed by atoms with van der Waals surface area (Å²) in [5, 5.41) is 11.8. The van der Waals surface area contributed by atoms with Crippen molar-refractivity contribution in [2.24, 2.45) is 0 Å². The molecule has 2 amide bonds. The van der Waals surface area contributed by atoms with Crippen molar-refractivity contribution < 1.29 is 14.7 Å². The molecule has 0 aromatic heterocycles. The quantitative estimate of drug-likeness (QED) is 0.740. The van der Waals surface area contributed by atoms with Gasteiger partial charge in [-0.3, -0.25) is 14.5 Å². The van der Waals surface area contributed by atoms with Gasteiger partial charge < -0.3 is 15.3 Å². The molecule has 0 saturated heterocycles. The molecule has 0 saturated carbocycles. The van der Waals surface area contributed by atoms with E-state index in [1.165, 1.54) is 6.08 Å². The number of amides is 2. The van der Waals surface area contributed by atoms with Gasteiger partial charge >= 0.3 is 0 Å². The molecule has 0 spiro atoms. The molecule has 6 nitrogen and oxygen atoms in total. The zero-order valence-electron chi connectivity index (χ0n) is 12.9. The first-order valence-corrected chi connectivity index (χ1v) is 7.41. The van der Waals surface area contributed by atoms with E-state index >= 15 is 0 Å². The van der Waals surface area contributed by atoms with Crippen LogP contribution in [0.4, 0.5) is 11.4 Å². The number of aliphatic hydroxyl groups excluding tert-OH is 1. The Labute approximate surface area is 130 Å². The summed E-state index contributed by atoms with van der Waals surface area (Å²) in [7, 11) is 0. The Balaban J connectivity index is 2.07. The van der Waals surface area contributed by atoms with Crippen LogP contribution in [0.1, 0.15) is 13.8 Å². The van der Waals surface area contributed by atoms with Crippen LogP contribution in [-0.2, 0) is 9.59 Å². The maximum atomic E-state index is 12.0. The van der Waals surface area contributed by atoms with Gasteiger partial charge in [-0.25, -0.2) is 0 Å². The summed E-state index contributed by atoms with van der Waals surface area (Å²) in [4.78, 5) is 26.9. The lowest BCUT2D eigenvalue weighted by Gasteiger charge is -2.21. The number of β-amino-alcohol motifs (C(OH)–C–C–N with tert-alkyl or cyclic N) is 1. The Morgan fingerprint density at radius 3 is 2.32 bits per heavy atom. The number of hydrogen-bond donors (Lipinski definition) is 2. The van der Waals surface area contributed by atoms with Crippen LogP contribution >= 0.6 is 0 Å². The highest BCUT2D eigenvalue weighted by Gasteiger charge is 2.30. The SMILES string of the molecule is CCN(CC)c1ccc(NC2=CC(=O)N(CCO)C2=O)cc1. The number of aliphatic hydroxyl groups is 1. The summed E-state index contributed by atoms with van der Waals surface area (Å²) in [5.41, 5.74) is 2.09. The molecular weight excluding hydrogens is 282 g/mol. The first-order valence-electron chi connectivity index (χ1n) is 7.41. The molecule has 2 rings (SSSR count). The molecule has 1 aromatic carbocycles. The minimum atomic E-state index is -0.410. The number of benzene rings is 1. The molecule has 22 heavy (non-hydrogen) atoms. The van der Waals surface area contributed by atoms with Crippen LogP contribution in [0.3, 0.4) is 0 Å². The molecule has 1 heterocycles. The van der Waals surface area contributed by atoms with E-state index in [0.717, 1.165) is 29.4 Å². The molecule has 0 fully saturated rings. The summed E-state index contributed by atoms with van der Waals surface area (Å²) < 4.78 is 0. The van der Waals surface area contributed by atoms with Gasteiger partial charge in [0.25, 0.3) is 11.8 Å². The lowest BCUT2D eigenvalue weighted by Crippen LogP contribution is -2.34. The van der Waals surface area contributed by atoms with Gasteiger partial charge in [0.15, 0.2) is 0 Å². The fourth-order valence-corrected chi connectivity index (χ4v) is 2.41. The Bertz CT molecular complexity index is 577. The van der Waals surface area contributed by atoms with Crippen molar-refractivity contribution in [1.82, 2.24) is 4.90 Å². The number of rotatable bonds is 7. The first-order chi connectivity index (χ1) is 10.6. The second-order valence-corrected chi connectivity index (χ2v) is 4.92. The summed E-state index contributed by atoms with van der Waals surface area (Å²) in [6, 6.07) is 7.70. The molecule has 118 valence electrons. The van der Waals surface area contributed by atoms with Crippen molar-refractivity contribution in [2.75, 3.05) is 36.5 Å². The molecule has 0 aliphatic carbocycles. The fourth-order valence-electron chi connectivity index (χ4n) is 2.41. The number of carbonyl (C=O) groups is 2. The van der Waals surface area contributed by atoms with Gasteiger partial charge in [-0.15, -0.1) is 0 Å². The second kappa shape index (κ2) is 7.09. The predicted octanol–water partition coefficient (Wildman–Crippen LogP) is 1.19. The first kappa shape index (κ1) is 16.0. The van der Waals surface area contributed by atoms with Gasteiger partial charge in [-0.1, -0.05) is 0 Å². The Hall–Kier alpha value is -2.34. The summed E-state index contributed by atoms with van der Waals surface area (Å²) in [6.07, 6.45) is 1.26. The van der Waals surface area contributed by atoms with Gasteiger partial charge in [0.05, 0.1) is 13.2 Å². The van der Waals surface area contributed by atoms with E-state index in [1.54, 1.807) is 0 Å². The standard InChI is InChI=1S/C16H21N3O3/c1-3-18(4-2)13-7-5-12(6-8-13)17-14-11-15(21)19(9-10-20)16(14)22/h5-8,11,17,20H,3-4,9-10H2,1-2H3. The minimum absolute atomic E-state index is 0.0141. The Kier molecular flexibility index (Phi) is 5.16. The molecule has 1 aliphatic rings. The van der Waals surface area contributed by atoms with E-state index in [-0.39, 0.29) is 18.8 Å². The largest absolute Gasteiger partial charge is 0.395 e. The average Bonchev–Trinajstić information content (AvgIpc) is 2.78. The number of nitrogens with one attached hydrogen (secondary N) is 1. The van der Waals surface area contributed by atoms with Crippen molar-refractivity contribution in [3.05, 3.63) is 36.0 Å². The average molecular weight is 303 g/mol. The number of hydrogen-bond acceptors (Lipinski definition) is 5. The lowest BCUT2D eigenvalue weighted by atomic mass is 10.2. The second-order valence-electron chi connectivity index (χ2n) is 4.92. The van der Waals surface area contributed by atoms with Crippen molar-refractivity contribution in [1.29, 1.82) is 0 Å². The predicted molar refractivity (Wildman–Crippen MR) is 85.5 cm³/mol. The fraction of sp³-hybridized carbons (Fsp3) is 0.375. The maximum Gasteiger partial charge on any atom is 0.277 e. The van der Waals surface area contributed by atoms with Crippen molar-refractivity contribution in [2.45, 2.75) is 13.8 Å². The molecule has 2 N–H and O–H groups in total. The third kappa shape index (κ3) is 3.28. The third-order valence-electron chi connectivity index (χ3n) is 3.61. The third-order valence-corrected chi connectivity index (χ3v) is 3.61. The molecular formula is C16H21N3O3. The highest BCUT2D eigenvalue weighted by molar-refractivity contribution is 6.17. The monoisotopic (exact) mass is 303 g/mol. The van der Waals surface area contributed by atoms with Crippen LogP contribution < -0.4 is 10.2 Å². The number of carbonyl (C=O) groups excluding carboxylic acids is 2. The van der Waals surface area contributed by atoms with Crippen LogP contribution in [0.5, 0.6) is 0 Å². The van der Waals surface area contributed by atoms with Crippen molar-refractivity contribution in [3.8, 4) is 0 Å². The van der Waals surface area contributed by atoms with Crippen LogP contribution in [0, 0.1) is 0 Å². The summed E-state index contributed by atoms with van der Waals surface area (Å²) >= 11 is 0. The van der Waals surface area contributed by atoms with Gasteiger partial charge in [0.1, 0.15) is 5.70 Å². The smallest absolute Gasteiger partial charge is 0.277 e. The van der Waals surface area contributed by atoms with Crippen LogP contribution in [0.25, 0.3) is 0 Å². The molecule has 0 atom stereocenters. The van der Waals surface area contributed by atoms with E-state index in [1.807, 2.05) is 24.3 Å². The van der Waals surface area contributed by atoms with Crippen LogP contribution in [0.15, 0.2) is 36.0 Å². The summed E-state index contributed by atoms with van der Waals surface area (Å²) in [5.74, 6) is -0.812. The Morgan fingerprint density at radius 2 is 1.77 bits per heavy atom. The molecule has 1 aliphatic heterocycles. The molecule has 0 bridgehead atoms.